The molecule has 0 saturated heterocycles. The Kier molecular flexibility index (Phi) is 10.4. The predicted molar refractivity (Wildman–Crippen MR) is 102 cm³/mol. The van der Waals surface area contributed by atoms with Crippen molar-refractivity contribution in [3.8, 4) is 0 Å². The Morgan fingerprint density at radius 2 is 1.64 bits per heavy atom. The fraction of sp³-hybridized carbons (Fsp3) is 0.381. The number of unbranched alkanes of at least 4 members (excludes halogenated alkanes) is 3. The molecule has 0 saturated carbocycles. The van der Waals surface area contributed by atoms with Gasteiger partial charge in [-0.1, -0.05) is 18.6 Å². The van der Waals surface area contributed by atoms with Crippen molar-refractivity contribution < 1.29 is 33.7 Å². The molecule has 2 rings (SSSR count). The number of anilines is 1. The lowest BCUT2D eigenvalue weighted by Crippen LogP contribution is -3.00. The zero-order valence-electron chi connectivity index (χ0n) is 15.2. The molecule has 1 N–H and O–H groups in total. The van der Waals surface area contributed by atoms with Gasteiger partial charge in [-0.15, -0.1) is 0 Å². The summed E-state index contributed by atoms with van der Waals surface area (Å²) in [5.41, 5.74) is 3.64. The third-order valence-corrected chi connectivity index (χ3v) is 4.14. The minimum Gasteiger partial charge on any atom is -1.00 e. The molecule has 0 aliphatic heterocycles. The van der Waals surface area contributed by atoms with E-state index in [2.05, 4.69) is 84.4 Å². The molecule has 4 heteroatoms. The molecule has 0 aliphatic carbocycles. The van der Waals surface area contributed by atoms with Gasteiger partial charge in [-0.2, -0.15) is 4.57 Å². The number of hydrogen-bond acceptors (Lipinski definition) is 2. The Morgan fingerprint density at radius 1 is 0.920 bits per heavy atom. The summed E-state index contributed by atoms with van der Waals surface area (Å²) in [6.07, 6.45) is 10.8. The molecule has 0 amide bonds. The molecule has 0 radical (unpaired) electrons. The number of aliphatic hydroxyl groups excluding tert-OH is 1. The minimum atomic E-state index is 0. The Hall–Kier alpha value is -1.40. The van der Waals surface area contributed by atoms with Gasteiger partial charge in [-0.3, -0.25) is 0 Å². The molecule has 0 spiro atoms. The van der Waals surface area contributed by atoms with Gasteiger partial charge in [0.1, 0.15) is 6.54 Å². The Balaban J connectivity index is 0.00000312. The minimum absolute atomic E-state index is 0. The first-order chi connectivity index (χ1) is 11.7. The molecule has 1 heterocycles. The number of hydrogen-bond donors (Lipinski definition) is 1. The third kappa shape index (κ3) is 7.57. The van der Waals surface area contributed by atoms with Crippen LogP contribution in [0.15, 0.2) is 48.7 Å². The van der Waals surface area contributed by atoms with Gasteiger partial charge in [0.25, 0.3) is 0 Å². The van der Waals surface area contributed by atoms with Gasteiger partial charge in [0.2, 0.25) is 5.69 Å². The summed E-state index contributed by atoms with van der Waals surface area (Å²) in [5.74, 6) is 0. The Labute approximate surface area is 169 Å². The van der Waals surface area contributed by atoms with Crippen LogP contribution in [-0.4, -0.2) is 25.8 Å². The zero-order valence-corrected chi connectivity index (χ0v) is 17.4. The maximum absolute atomic E-state index is 8.84. The standard InChI is InChI=1S/C21H29N2O.HI/c1-22(2)20-13-10-19(11-14-20)12-15-21-9-5-7-17-23(21)16-6-3-4-8-18-24;/h5,7,9-15,17,24H,3-4,6,8,16,18H2,1-2H3;1H/q+1;/p-1. The molecule has 25 heavy (non-hydrogen) atoms. The van der Waals surface area contributed by atoms with E-state index in [9.17, 15) is 0 Å². The Bertz CT molecular complexity index is 639. The van der Waals surface area contributed by atoms with Crippen molar-refractivity contribution in [1.29, 1.82) is 0 Å². The molecule has 0 unspecified atom stereocenters. The van der Waals surface area contributed by atoms with Crippen LogP contribution in [0.3, 0.4) is 0 Å². The molecule has 0 fully saturated rings. The predicted octanol–water partition coefficient (Wildman–Crippen LogP) is 0.767. The fourth-order valence-electron chi connectivity index (χ4n) is 2.66. The molecule has 1 aromatic heterocycles. The number of rotatable bonds is 9. The summed E-state index contributed by atoms with van der Waals surface area (Å²) >= 11 is 0. The van der Waals surface area contributed by atoms with Crippen molar-refractivity contribution in [2.75, 3.05) is 25.6 Å². The first kappa shape index (κ1) is 21.6. The van der Waals surface area contributed by atoms with Crippen LogP contribution < -0.4 is 33.4 Å². The summed E-state index contributed by atoms with van der Waals surface area (Å²) in [5, 5.41) is 8.84. The van der Waals surface area contributed by atoms with Gasteiger partial charge in [0.05, 0.1) is 0 Å². The normalized spacial score (nSPS) is 10.7. The van der Waals surface area contributed by atoms with Crippen molar-refractivity contribution in [3.05, 3.63) is 59.9 Å². The van der Waals surface area contributed by atoms with Crippen LogP contribution in [0.2, 0.25) is 0 Å². The SMILES string of the molecule is CN(C)c1ccc(/C=C/c2cccc[n+]2CCCCCCO)cc1.[I-]. The monoisotopic (exact) mass is 452 g/mol. The molecule has 3 nitrogen and oxygen atoms in total. The molecule has 0 bridgehead atoms. The van der Waals surface area contributed by atoms with E-state index in [1.54, 1.807) is 0 Å². The second kappa shape index (κ2) is 12.0. The van der Waals surface area contributed by atoms with Gasteiger partial charge in [-0.05, 0) is 42.7 Å². The smallest absolute Gasteiger partial charge is 0.205 e. The second-order valence-corrected chi connectivity index (χ2v) is 6.28. The molecule has 136 valence electrons. The van der Waals surface area contributed by atoms with Crippen molar-refractivity contribution in [3.63, 3.8) is 0 Å². The van der Waals surface area contributed by atoms with E-state index in [1.165, 1.54) is 16.9 Å². The van der Waals surface area contributed by atoms with Gasteiger partial charge >= 0.3 is 0 Å². The number of aryl methyl sites for hydroxylation is 1. The van der Waals surface area contributed by atoms with E-state index in [0.717, 1.165) is 32.2 Å². The van der Waals surface area contributed by atoms with E-state index in [0.29, 0.717) is 6.61 Å². The molecule has 1 aromatic carbocycles. The second-order valence-electron chi connectivity index (χ2n) is 6.28. The summed E-state index contributed by atoms with van der Waals surface area (Å²) in [6, 6.07) is 14.9. The van der Waals surface area contributed by atoms with Crippen molar-refractivity contribution in [2.24, 2.45) is 0 Å². The highest BCUT2D eigenvalue weighted by atomic mass is 127. The van der Waals surface area contributed by atoms with Gasteiger partial charge < -0.3 is 34.0 Å². The van der Waals surface area contributed by atoms with Gasteiger partial charge in [0, 0.05) is 51.0 Å². The topological polar surface area (TPSA) is 27.4 Å². The van der Waals surface area contributed by atoms with Gasteiger partial charge in [0.15, 0.2) is 6.20 Å². The number of aliphatic hydroxyl groups is 1. The van der Waals surface area contributed by atoms with Gasteiger partial charge in [-0.25, -0.2) is 0 Å². The highest BCUT2D eigenvalue weighted by molar-refractivity contribution is 5.68. The highest BCUT2D eigenvalue weighted by Gasteiger charge is 2.05. The number of benzene rings is 1. The first-order valence-corrected chi connectivity index (χ1v) is 8.75. The van der Waals surface area contributed by atoms with Crippen LogP contribution in [0, 0.1) is 0 Å². The number of aromatic nitrogens is 1. The van der Waals surface area contributed by atoms with Crippen LogP contribution in [-0.2, 0) is 6.54 Å². The number of nitrogens with zero attached hydrogens (tertiary/aromatic N) is 2. The van der Waals surface area contributed by atoms with E-state index in [1.807, 2.05) is 0 Å². The number of halogens is 1. The maximum Gasteiger partial charge on any atom is 0.205 e. The fourth-order valence-corrected chi connectivity index (χ4v) is 2.66. The first-order valence-electron chi connectivity index (χ1n) is 8.75. The molecule has 2 aromatic rings. The quantitative estimate of drug-likeness (QED) is 0.346. The molecule has 0 aliphatic rings. The largest absolute Gasteiger partial charge is 1.00 e. The summed E-state index contributed by atoms with van der Waals surface area (Å²) in [7, 11) is 4.11. The van der Waals surface area contributed by atoms with Crippen molar-refractivity contribution in [2.45, 2.75) is 32.2 Å². The average Bonchev–Trinajstić information content (AvgIpc) is 2.61. The van der Waals surface area contributed by atoms with Crippen LogP contribution in [0.25, 0.3) is 12.2 Å². The lowest BCUT2D eigenvalue weighted by Gasteiger charge is -2.11. The zero-order chi connectivity index (χ0) is 17.2. The van der Waals surface area contributed by atoms with Crippen LogP contribution in [0.4, 0.5) is 5.69 Å². The van der Waals surface area contributed by atoms with Crippen LogP contribution in [0.1, 0.15) is 36.9 Å². The Morgan fingerprint density at radius 3 is 2.32 bits per heavy atom. The van der Waals surface area contributed by atoms with Crippen LogP contribution >= 0.6 is 0 Å². The van der Waals surface area contributed by atoms with E-state index >= 15 is 0 Å². The molecular weight excluding hydrogens is 423 g/mol. The van der Waals surface area contributed by atoms with E-state index < -0.39 is 0 Å². The molecule has 0 atom stereocenters. The summed E-state index contributed by atoms with van der Waals surface area (Å²) in [4.78, 5) is 2.11. The lowest BCUT2D eigenvalue weighted by molar-refractivity contribution is -0.699. The van der Waals surface area contributed by atoms with Crippen molar-refractivity contribution >= 4 is 17.8 Å². The summed E-state index contributed by atoms with van der Waals surface area (Å²) in [6.45, 7) is 1.32. The van der Waals surface area contributed by atoms with E-state index in [-0.39, 0.29) is 24.0 Å². The van der Waals surface area contributed by atoms with Crippen LogP contribution in [0.5, 0.6) is 0 Å². The average molecular weight is 452 g/mol. The van der Waals surface area contributed by atoms with Crippen molar-refractivity contribution in [1.82, 2.24) is 0 Å². The number of pyridine rings is 1. The van der Waals surface area contributed by atoms with E-state index in [4.69, 9.17) is 5.11 Å². The third-order valence-electron chi connectivity index (χ3n) is 4.14. The maximum atomic E-state index is 8.84. The lowest BCUT2D eigenvalue weighted by atomic mass is 10.1. The molecular formula is C21H29IN2O. The highest BCUT2D eigenvalue weighted by Crippen LogP contribution is 2.14. The summed E-state index contributed by atoms with van der Waals surface area (Å²) < 4.78 is 2.30.